The van der Waals surface area contributed by atoms with Gasteiger partial charge in [0.1, 0.15) is 11.9 Å². The number of amides is 2. The van der Waals surface area contributed by atoms with Crippen molar-refractivity contribution in [1.29, 1.82) is 0 Å². The smallest absolute Gasteiger partial charge is 0.407 e. The molecule has 0 spiro atoms. The molecule has 3 heterocycles. The van der Waals surface area contributed by atoms with E-state index in [4.69, 9.17) is 4.98 Å². The largest absolute Gasteiger partial charge is 0.453 e. The lowest BCUT2D eigenvalue weighted by Crippen LogP contribution is -2.52. The van der Waals surface area contributed by atoms with Crippen LogP contribution in [0, 0.1) is 13.8 Å². The predicted octanol–water partition coefficient (Wildman–Crippen LogP) is 3.57. The Hall–Kier alpha value is -3.76. The van der Waals surface area contributed by atoms with Gasteiger partial charge < -0.3 is 25.3 Å². The Labute approximate surface area is 229 Å². The lowest BCUT2D eigenvalue weighted by Gasteiger charge is -2.38. The average Bonchev–Trinajstić information content (AvgIpc) is 3.60. The molecule has 2 fully saturated rings. The van der Waals surface area contributed by atoms with E-state index in [1.54, 1.807) is 13.1 Å². The number of aromatic amines is 1. The van der Waals surface area contributed by atoms with Gasteiger partial charge in [0.05, 0.1) is 31.2 Å². The van der Waals surface area contributed by atoms with Crippen molar-refractivity contribution in [2.75, 3.05) is 20.3 Å². The maximum atomic E-state index is 13.1. The zero-order valence-corrected chi connectivity index (χ0v) is 23.0. The van der Waals surface area contributed by atoms with Gasteiger partial charge in [-0.1, -0.05) is 18.2 Å². The molecule has 10 heteroatoms. The van der Waals surface area contributed by atoms with E-state index in [1.807, 2.05) is 11.1 Å². The molecule has 206 valence electrons. The van der Waals surface area contributed by atoms with Crippen LogP contribution in [0.3, 0.4) is 0 Å². The molecule has 1 aromatic carbocycles. The summed E-state index contributed by atoms with van der Waals surface area (Å²) < 4.78 is 4.65. The second-order valence-electron chi connectivity index (χ2n) is 10.5. The fraction of sp³-hybridized carbons (Fsp3) is 0.448. The SMILES string of the molecule is COC(=O)N[C@@H](C)C(=O)N(Cc1ncc(-c2cnc(-c3ccc(C4CNCN4)cc3C)c(C)c2)[nH]1)C1CCC1. The second-order valence-corrected chi connectivity index (χ2v) is 10.5. The summed E-state index contributed by atoms with van der Waals surface area (Å²) in [5.41, 5.74) is 7.44. The van der Waals surface area contributed by atoms with Crippen molar-refractivity contribution in [2.45, 2.75) is 64.7 Å². The standard InChI is InChI=1S/C29H37N7O3/c1-17-10-20(24-13-30-16-33-24)8-9-23(17)27-18(2)11-21(12-32-27)25-14-31-26(35-25)15-36(22-6-5-7-22)28(37)19(3)34-29(38)39-4/h8-12,14,19,22,24,30,33H,5-7,13,15-16H2,1-4H3,(H,31,35)(H,34,38)/t19-,24?/m0/s1. The summed E-state index contributed by atoms with van der Waals surface area (Å²) in [7, 11) is 1.29. The number of hydrogen-bond acceptors (Lipinski definition) is 7. The first-order valence-electron chi connectivity index (χ1n) is 13.5. The quantitative estimate of drug-likeness (QED) is 0.350. The number of carbonyl (C=O) groups is 2. The highest BCUT2D eigenvalue weighted by Crippen LogP contribution is 2.31. The normalized spacial score (nSPS) is 17.9. The van der Waals surface area contributed by atoms with Crippen molar-refractivity contribution in [3.63, 3.8) is 0 Å². The third-order valence-electron chi connectivity index (χ3n) is 7.76. The number of aromatic nitrogens is 3. The molecule has 3 aromatic rings. The lowest BCUT2D eigenvalue weighted by atomic mass is 9.91. The van der Waals surface area contributed by atoms with Crippen LogP contribution in [0.5, 0.6) is 0 Å². The van der Waals surface area contributed by atoms with Crippen LogP contribution in [0.15, 0.2) is 36.7 Å². The number of alkyl carbamates (subject to hydrolysis) is 1. The number of H-pyrrole nitrogens is 1. The molecular formula is C29H37N7O3. The number of pyridine rings is 1. The number of aryl methyl sites for hydroxylation is 2. The van der Waals surface area contributed by atoms with Gasteiger partial charge in [0.15, 0.2) is 0 Å². The van der Waals surface area contributed by atoms with E-state index < -0.39 is 12.1 Å². The van der Waals surface area contributed by atoms with Crippen LogP contribution < -0.4 is 16.0 Å². The summed E-state index contributed by atoms with van der Waals surface area (Å²) in [5.74, 6) is 0.546. The summed E-state index contributed by atoms with van der Waals surface area (Å²) >= 11 is 0. The third kappa shape index (κ3) is 5.81. The minimum absolute atomic E-state index is 0.145. The van der Waals surface area contributed by atoms with Gasteiger partial charge in [-0.05, 0) is 62.8 Å². The molecule has 2 aromatic heterocycles. The molecule has 0 bridgehead atoms. The number of hydrogen-bond donors (Lipinski definition) is 4. The van der Waals surface area contributed by atoms with E-state index in [-0.39, 0.29) is 11.9 Å². The first kappa shape index (κ1) is 26.8. The molecule has 1 aliphatic heterocycles. The van der Waals surface area contributed by atoms with Gasteiger partial charge in [-0.25, -0.2) is 9.78 Å². The van der Waals surface area contributed by atoms with Crippen LogP contribution in [-0.2, 0) is 16.1 Å². The van der Waals surface area contributed by atoms with Gasteiger partial charge in [-0.2, -0.15) is 0 Å². The van der Waals surface area contributed by atoms with Crippen LogP contribution in [0.25, 0.3) is 22.5 Å². The van der Waals surface area contributed by atoms with Crippen molar-refractivity contribution in [2.24, 2.45) is 0 Å². The Morgan fingerprint density at radius 1 is 1.15 bits per heavy atom. The Morgan fingerprint density at radius 2 is 1.97 bits per heavy atom. The molecule has 4 N–H and O–H groups in total. The molecule has 1 saturated heterocycles. The summed E-state index contributed by atoms with van der Waals surface area (Å²) in [6.45, 7) is 8.00. The Morgan fingerprint density at radius 3 is 2.62 bits per heavy atom. The number of benzene rings is 1. The zero-order chi connectivity index (χ0) is 27.5. The highest BCUT2D eigenvalue weighted by Gasteiger charge is 2.32. The zero-order valence-electron chi connectivity index (χ0n) is 23.0. The van der Waals surface area contributed by atoms with E-state index in [1.165, 1.54) is 18.2 Å². The lowest BCUT2D eigenvalue weighted by molar-refractivity contribution is -0.138. The number of nitrogens with zero attached hydrogens (tertiary/aromatic N) is 3. The molecule has 1 aliphatic carbocycles. The molecule has 2 atom stereocenters. The van der Waals surface area contributed by atoms with Crippen LogP contribution in [-0.4, -0.2) is 64.3 Å². The van der Waals surface area contributed by atoms with Gasteiger partial charge >= 0.3 is 6.09 Å². The molecule has 1 unspecified atom stereocenters. The monoisotopic (exact) mass is 531 g/mol. The maximum Gasteiger partial charge on any atom is 0.407 e. The summed E-state index contributed by atoms with van der Waals surface area (Å²) in [6.07, 6.45) is 6.02. The molecule has 2 aliphatic rings. The number of nitrogens with one attached hydrogen (secondary N) is 4. The fourth-order valence-electron chi connectivity index (χ4n) is 5.28. The van der Waals surface area contributed by atoms with Crippen molar-refractivity contribution >= 4 is 12.0 Å². The van der Waals surface area contributed by atoms with E-state index in [2.05, 4.69) is 68.8 Å². The third-order valence-corrected chi connectivity index (χ3v) is 7.76. The predicted molar refractivity (Wildman–Crippen MR) is 149 cm³/mol. The molecule has 0 radical (unpaired) electrons. The van der Waals surface area contributed by atoms with Crippen LogP contribution in [0.4, 0.5) is 4.79 Å². The fourth-order valence-corrected chi connectivity index (χ4v) is 5.28. The Kier molecular flexibility index (Phi) is 7.94. The van der Waals surface area contributed by atoms with Crippen molar-refractivity contribution < 1.29 is 14.3 Å². The van der Waals surface area contributed by atoms with Crippen LogP contribution in [0.2, 0.25) is 0 Å². The van der Waals surface area contributed by atoms with Gasteiger partial charge in [-0.3, -0.25) is 15.1 Å². The number of imidazole rings is 1. The van der Waals surface area contributed by atoms with Gasteiger partial charge in [0, 0.05) is 42.6 Å². The van der Waals surface area contributed by atoms with E-state index >= 15 is 0 Å². The molecule has 10 nitrogen and oxygen atoms in total. The Balaban J connectivity index is 1.31. The molecule has 39 heavy (non-hydrogen) atoms. The van der Waals surface area contributed by atoms with Crippen molar-refractivity contribution in [1.82, 2.24) is 35.8 Å². The van der Waals surface area contributed by atoms with Crippen molar-refractivity contribution in [3.05, 3.63) is 59.2 Å². The Bertz CT molecular complexity index is 1340. The van der Waals surface area contributed by atoms with Crippen LogP contribution >= 0.6 is 0 Å². The number of rotatable bonds is 8. The highest BCUT2D eigenvalue weighted by molar-refractivity contribution is 5.85. The van der Waals surface area contributed by atoms with E-state index in [9.17, 15) is 9.59 Å². The second kappa shape index (κ2) is 11.5. The summed E-state index contributed by atoms with van der Waals surface area (Å²) in [5, 5.41) is 9.38. The van der Waals surface area contributed by atoms with Gasteiger partial charge in [0.25, 0.3) is 0 Å². The van der Waals surface area contributed by atoms with Crippen LogP contribution in [0.1, 0.15) is 54.7 Å². The minimum atomic E-state index is -0.685. The average molecular weight is 532 g/mol. The van der Waals surface area contributed by atoms with Gasteiger partial charge in [-0.15, -0.1) is 0 Å². The first-order chi connectivity index (χ1) is 18.8. The van der Waals surface area contributed by atoms with Gasteiger partial charge in [0.2, 0.25) is 5.91 Å². The first-order valence-corrected chi connectivity index (χ1v) is 13.5. The number of methoxy groups -OCH3 is 1. The highest BCUT2D eigenvalue weighted by atomic mass is 16.5. The number of ether oxygens (including phenoxy) is 1. The molecule has 1 saturated carbocycles. The molecular weight excluding hydrogens is 494 g/mol. The maximum absolute atomic E-state index is 13.1. The van der Waals surface area contributed by atoms with E-state index in [0.29, 0.717) is 18.4 Å². The number of carbonyl (C=O) groups excluding carboxylic acids is 2. The topological polar surface area (TPSA) is 124 Å². The summed E-state index contributed by atoms with van der Waals surface area (Å²) in [6, 6.07) is 8.50. The minimum Gasteiger partial charge on any atom is -0.453 e. The molecule has 2 amide bonds. The molecule has 5 rings (SSSR count). The van der Waals surface area contributed by atoms with Crippen molar-refractivity contribution in [3.8, 4) is 22.5 Å². The van der Waals surface area contributed by atoms with E-state index in [0.717, 1.165) is 60.6 Å². The summed E-state index contributed by atoms with van der Waals surface area (Å²) in [4.78, 5) is 39.3.